The lowest BCUT2D eigenvalue weighted by atomic mass is 10.2. The van der Waals surface area contributed by atoms with Gasteiger partial charge in [-0.15, -0.1) is 0 Å². The van der Waals surface area contributed by atoms with Crippen LogP contribution in [-0.2, 0) is 14.8 Å². The summed E-state index contributed by atoms with van der Waals surface area (Å²) in [4.78, 5) is 12.1. The number of hydrogen-bond donors (Lipinski definition) is 2. The number of ether oxygens (including phenoxy) is 2. The number of amides is 1. The Labute approximate surface area is 137 Å². The van der Waals surface area contributed by atoms with Crippen molar-refractivity contribution in [2.75, 3.05) is 20.8 Å². The molecule has 1 aromatic carbocycles. The van der Waals surface area contributed by atoms with Gasteiger partial charge in [-0.3, -0.25) is 4.79 Å². The van der Waals surface area contributed by atoms with E-state index in [1.165, 1.54) is 32.4 Å². The van der Waals surface area contributed by atoms with Crippen molar-refractivity contribution in [3.63, 3.8) is 0 Å². The fraction of sp³-hybridized carbons (Fsp3) is 0.533. The van der Waals surface area contributed by atoms with Gasteiger partial charge in [0.1, 0.15) is 10.6 Å². The Balaban J connectivity index is 3.15. The summed E-state index contributed by atoms with van der Waals surface area (Å²) in [5.74, 6) is -0.196. The molecule has 2 N–H and O–H groups in total. The highest BCUT2D eigenvalue weighted by Gasteiger charge is 2.22. The van der Waals surface area contributed by atoms with Crippen molar-refractivity contribution in [1.29, 1.82) is 0 Å². The van der Waals surface area contributed by atoms with E-state index < -0.39 is 10.0 Å². The zero-order valence-electron chi connectivity index (χ0n) is 14.0. The molecule has 0 unspecified atom stereocenters. The van der Waals surface area contributed by atoms with Crippen molar-refractivity contribution < 1.29 is 22.7 Å². The number of nitrogens with one attached hydrogen (secondary N) is 2. The van der Waals surface area contributed by atoms with Crippen LogP contribution in [0.5, 0.6) is 5.75 Å². The molecule has 0 fully saturated rings. The van der Waals surface area contributed by atoms with Gasteiger partial charge in [-0.25, -0.2) is 13.1 Å². The molecule has 0 saturated carbocycles. The number of carbonyl (C=O) groups is 1. The van der Waals surface area contributed by atoms with E-state index in [9.17, 15) is 13.2 Å². The first-order valence-electron chi connectivity index (χ1n) is 7.21. The Bertz CT molecular complexity index is 643. The van der Waals surface area contributed by atoms with Crippen molar-refractivity contribution in [2.24, 2.45) is 0 Å². The highest BCUT2D eigenvalue weighted by Crippen LogP contribution is 2.25. The molecule has 0 aromatic heterocycles. The molecule has 23 heavy (non-hydrogen) atoms. The SMILES string of the molecule is COC[C@@H](C)NC(=O)c1ccc(OC)c(S(=O)(=O)NC(C)C)c1. The summed E-state index contributed by atoms with van der Waals surface area (Å²) >= 11 is 0. The predicted molar refractivity (Wildman–Crippen MR) is 87.3 cm³/mol. The van der Waals surface area contributed by atoms with E-state index >= 15 is 0 Å². The Hall–Kier alpha value is -1.64. The van der Waals surface area contributed by atoms with Crippen LogP contribution in [0.2, 0.25) is 0 Å². The third kappa shape index (κ3) is 5.49. The van der Waals surface area contributed by atoms with Crippen LogP contribution in [0.3, 0.4) is 0 Å². The molecule has 0 aliphatic carbocycles. The summed E-state index contributed by atoms with van der Waals surface area (Å²) in [6, 6.07) is 3.82. The van der Waals surface area contributed by atoms with Gasteiger partial charge in [0.25, 0.3) is 5.91 Å². The number of hydrogen-bond acceptors (Lipinski definition) is 5. The summed E-state index contributed by atoms with van der Waals surface area (Å²) < 4.78 is 37.3. The largest absolute Gasteiger partial charge is 0.495 e. The van der Waals surface area contributed by atoms with Crippen molar-refractivity contribution >= 4 is 15.9 Å². The molecule has 0 heterocycles. The van der Waals surface area contributed by atoms with Crippen LogP contribution in [0, 0.1) is 0 Å². The fourth-order valence-electron chi connectivity index (χ4n) is 2.00. The first kappa shape index (κ1) is 19.4. The zero-order valence-corrected chi connectivity index (χ0v) is 14.9. The highest BCUT2D eigenvalue weighted by atomic mass is 32.2. The van der Waals surface area contributed by atoms with E-state index in [1.807, 2.05) is 0 Å². The van der Waals surface area contributed by atoms with E-state index in [2.05, 4.69) is 10.0 Å². The van der Waals surface area contributed by atoms with E-state index in [0.29, 0.717) is 6.61 Å². The second-order valence-corrected chi connectivity index (χ2v) is 7.15. The second kappa shape index (κ2) is 8.28. The molecule has 0 aliphatic rings. The first-order valence-corrected chi connectivity index (χ1v) is 8.69. The number of carbonyl (C=O) groups excluding carboxylic acids is 1. The molecule has 1 amide bonds. The van der Waals surface area contributed by atoms with Crippen LogP contribution in [0.1, 0.15) is 31.1 Å². The normalized spacial score (nSPS) is 13.0. The summed E-state index contributed by atoms with van der Waals surface area (Å²) in [5.41, 5.74) is 0.234. The molecule has 1 aromatic rings. The maximum Gasteiger partial charge on any atom is 0.251 e. The Kier molecular flexibility index (Phi) is 6.99. The van der Waals surface area contributed by atoms with Crippen LogP contribution in [0.25, 0.3) is 0 Å². The molecule has 0 aliphatic heterocycles. The minimum absolute atomic E-state index is 0.0688. The van der Waals surface area contributed by atoms with Crippen LogP contribution >= 0.6 is 0 Å². The van der Waals surface area contributed by atoms with Gasteiger partial charge in [0.15, 0.2) is 0 Å². The lowest BCUT2D eigenvalue weighted by molar-refractivity contribution is 0.0905. The molecule has 1 rings (SSSR count). The van der Waals surface area contributed by atoms with Crippen molar-refractivity contribution in [2.45, 2.75) is 37.8 Å². The van der Waals surface area contributed by atoms with Gasteiger partial charge in [-0.1, -0.05) is 0 Å². The summed E-state index contributed by atoms with van der Waals surface area (Å²) in [6.45, 7) is 5.59. The number of methoxy groups -OCH3 is 2. The Morgan fingerprint density at radius 3 is 2.39 bits per heavy atom. The standard InChI is InChI=1S/C15H24N2O5S/c1-10(2)17-23(19,20)14-8-12(6-7-13(14)22-5)15(18)16-11(3)9-21-4/h6-8,10-11,17H,9H2,1-5H3,(H,16,18)/t11-/m1/s1. The van der Waals surface area contributed by atoms with Crippen LogP contribution in [-0.4, -0.2) is 47.2 Å². The lowest BCUT2D eigenvalue weighted by Gasteiger charge is -2.16. The fourth-order valence-corrected chi connectivity index (χ4v) is 3.45. The number of rotatable bonds is 8. The van der Waals surface area contributed by atoms with Gasteiger partial charge < -0.3 is 14.8 Å². The smallest absolute Gasteiger partial charge is 0.251 e. The second-order valence-electron chi connectivity index (χ2n) is 5.47. The van der Waals surface area contributed by atoms with E-state index in [1.54, 1.807) is 20.8 Å². The summed E-state index contributed by atoms with van der Waals surface area (Å²) in [7, 11) is -0.858. The van der Waals surface area contributed by atoms with Crippen molar-refractivity contribution in [3.8, 4) is 5.75 Å². The average Bonchev–Trinajstić information content (AvgIpc) is 2.45. The highest BCUT2D eigenvalue weighted by molar-refractivity contribution is 7.89. The monoisotopic (exact) mass is 344 g/mol. The maximum atomic E-state index is 12.4. The van der Waals surface area contributed by atoms with Crippen LogP contribution in [0.4, 0.5) is 0 Å². The van der Waals surface area contributed by atoms with E-state index in [4.69, 9.17) is 9.47 Å². The van der Waals surface area contributed by atoms with Gasteiger partial charge in [0, 0.05) is 24.8 Å². The lowest BCUT2D eigenvalue weighted by Crippen LogP contribution is -2.36. The van der Waals surface area contributed by atoms with E-state index in [0.717, 1.165) is 0 Å². The van der Waals surface area contributed by atoms with Gasteiger partial charge in [0.2, 0.25) is 10.0 Å². The Morgan fingerprint density at radius 2 is 1.87 bits per heavy atom. The molecule has 1 atom stereocenters. The molecule has 130 valence electrons. The first-order chi connectivity index (χ1) is 10.7. The topological polar surface area (TPSA) is 93.7 Å². The number of benzene rings is 1. The molecule has 0 radical (unpaired) electrons. The molecule has 0 saturated heterocycles. The third-order valence-electron chi connectivity index (χ3n) is 2.90. The quantitative estimate of drug-likeness (QED) is 0.738. The molecule has 0 bridgehead atoms. The van der Waals surface area contributed by atoms with Crippen molar-refractivity contribution in [1.82, 2.24) is 10.0 Å². The molecule has 0 spiro atoms. The summed E-state index contributed by atoms with van der Waals surface area (Å²) in [5, 5.41) is 2.73. The molecule has 8 heteroatoms. The van der Waals surface area contributed by atoms with Gasteiger partial charge in [0.05, 0.1) is 13.7 Å². The molecule has 7 nitrogen and oxygen atoms in total. The van der Waals surface area contributed by atoms with Gasteiger partial charge in [-0.05, 0) is 39.0 Å². The minimum Gasteiger partial charge on any atom is -0.495 e. The van der Waals surface area contributed by atoms with Gasteiger partial charge >= 0.3 is 0 Å². The molecular weight excluding hydrogens is 320 g/mol. The Morgan fingerprint density at radius 1 is 1.22 bits per heavy atom. The minimum atomic E-state index is -3.78. The predicted octanol–water partition coefficient (Wildman–Crippen LogP) is 1.15. The van der Waals surface area contributed by atoms with Gasteiger partial charge in [-0.2, -0.15) is 0 Å². The van der Waals surface area contributed by atoms with Crippen LogP contribution < -0.4 is 14.8 Å². The summed E-state index contributed by atoms with van der Waals surface area (Å²) in [6.07, 6.45) is 0. The maximum absolute atomic E-state index is 12.4. The molecular formula is C15H24N2O5S. The van der Waals surface area contributed by atoms with Crippen molar-refractivity contribution in [3.05, 3.63) is 23.8 Å². The van der Waals surface area contributed by atoms with Crippen LogP contribution in [0.15, 0.2) is 23.1 Å². The van der Waals surface area contributed by atoms with E-state index in [-0.39, 0.29) is 34.2 Å². The average molecular weight is 344 g/mol. The third-order valence-corrected chi connectivity index (χ3v) is 4.58. The zero-order chi connectivity index (χ0) is 17.6. The number of sulfonamides is 1.